The number of hydrogen-bond acceptors (Lipinski definition) is 3. The van der Waals surface area contributed by atoms with E-state index in [0.717, 1.165) is 26.0 Å². The van der Waals surface area contributed by atoms with E-state index in [0.29, 0.717) is 30.5 Å². The number of rotatable bonds is 5. The fourth-order valence-corrected chi connectivity index (χ4v) is 4.85. The lowest BCUT2D eigenvalue weighted by atomic mass is 9.60. The van der Waals surface area contributed by atoms with Crippen LogP contribution in [0.3, 0.4) is 0 Å². The van der Waals surface area contributed by atoms with Gasteiger partial charge in [-0.1, -0.05) is 12.8 Å². The summed E-state index contributed by atoms with van der Waals surface area (Å²) < 4.78 is 5.96. The quantitative estimate of drug-likeness (QED) is 0.846. The Morgan fingerprint density at radius 2 is 2.10 bits per heavy atom. The first-order valence-electron chi connectivity index (χ1n) is 8.78. The van der Waals surface area contributed by atoms with Gasteiger partial charge in [0.15, 0.2) is 0 Å². The van der Waals surface area contributed by atoms with Crippen LogP contribution < -0.4 is 5.32 Å². The number of amides is 1. The van der Waals surface area contributed by atoms with Gasteiger partial charge in [-0.2, -0.15) is 0 Å². The van der Waals surface area contributed by atoms with Crippen LogP contribution in [-0.4, -0.2) is 49.2 Å². The molecule has 0 aromatic rings. The van der Waals surface area contributed by atoms with Crippen molar-refractivity contribution in [2.75, 3.05) is 20.2 Å². The molecular formula is C17H30N2O2. The van der Waals surface area contributed by atoms with E-state index in [1.165, 1.54) is 32.1 Å². The van der Waals surface area contributed by atoms with Gasteiger partial charge in [-0.05, 0) is 45.6 Å². The normalized spacial score (nSPS) is 34.1. The van der Waals surface area contributed by atoms with E-state index in [-0.39, 0.29) is 5.41 Å². The summed E-state index contributed by atoms with van der Waals surface area (Å²) in [6, 6.07) is 0.813. The molecule has 3 rings (SSSR count). The molecule has 4 heteroatoms. The Labute approximate surface area is 128 Å². The van der Waals surface area contributed by atoms with Gasteiger partial charge >= 0.3 is 0 Å². The maximum absolute atomic E-state index is 12.6. The molecule has 0 bridgehead atoms. The minimum absolute atomic E-state index is 0.267. The molecule has 3 fully saturated rings. The predicted octanol–water partition coefficient (Wildman–Crippen LogP) is 2.32. The van der Waals surface area contributed by atoms with Crippen molar-refractivity contribution in [2.45, 2.75) is 76.5 Å². The topological polar surface area (TPSA) is 41.6 Å². The highest BCUT2D eigenvalue weighted by Crippen LogP contribution is 2.56. The average Bonchev–Trinajstić information content (AvgIpc) is 3.14. The van der Waals surface area contributed by atoms with Crippen molar-refractivity contribution >= 4 is 5.91 Å². The predicted molar refractivity (Wildman–Crippen MR) is 83.1 cm³/mol. The third-order valence-electron chi connectivity index (χ3n) is 6.09. The summed E-state index contributed by atoms with van der Waals surface area (Å²) in [6.45, 7) is 3.95. The summed E-state index contributed by atoms with van der Waals surface area (Å²) in [5.41, 5.74) is 0.267. The van der Waals surface area contributed by atoms with Crippen LogP contribution in [0.25, 0.3) is 0 Å². The van der Waals surface area contributed by atoms with E-state index in [1.807, 2.05) is 7.05 Å². The second-order valence-corrected chi connectivity index (χ2v) is 7.14. The van der Waals surface area contributed by atoms with Crippen LogP contribution in [0.4, 0.5) is 0 Å². The first-order chi connectivity index (χ1) is 10.2. The molecule has 21 heavy (non-hydrogen) atoms. The van der Waals surface area contributed by atoms with Crippen molar-refractivity contribution in [1.82, 2.24) is 10.2 Å². The molecule has 0 aromatic carbocycles. The van der Waals surface area contributed by atoms with Gasteiger partial charge in [-0.15, -0.1) is 0 Å². The lowest BCUT2D eigenvalue weighted by Crippen LogP contribution is -2.64. The van der Waals surface area contributed by atoms with Gasteiger partial charge in [-0.25, -0.2) is 0 Å². The second kappa shape index (κ2) is 6.25. The Bertz CT molecular complexity index is 373. The molecule has 3 aliphatic rings. The number of hydrogen-bond donors (Lipinski definition) is 1. The minimum Gasteiger partial charge on any atom is -0.378 e. The van der Waals surface area contributed by atoms with Gasteiger partial charge in [0.2, 0.25) is 5.91 Å². The first kappa shape index (κ1) is 15.3. The van der Waals surface area contributed by atoms with Crippen molar-refractivity contribution in [2.24, 2.45) is 5.41 Å². The number of carbonyl (C=O) groups is 1. The summed E-state index contributed by atoms with van der Waals surface area (Å²) in [5.74, 6) is 0.320. The molecular weight excluding hydrogens is 264 g/mol. The fraction of sp³-hybridized carbons (Fsp3) is 0.941. The Kier molecular flexibility index (Phi) is 4.55. The molecule has 1 aliphatic heterocycles. The lowest BCUT2D eigenvalue weighted by molar-refractivity contribution is -0.172. The van der Waals surface area contributed by atoms with Crippen LogP contribution in [0, 0.1) is 5.41 Å². The third-order valence-corrected chi connectivity index (χ3v) is 6.09. The average molecular weight is 294 g/mol. The van der Waals surface area contributed by atoms with Crippen LogP contribution >= 0.6 is 0 Å². The monoisotopic (exact) mass is 294 g/mol. The molecule has 1 heterocycles. The zero-order valence-electron chi connectivity index (χ0n) is 13.6. The fourth-order valence-electron chi connectivity index (χ4n) is 4.85. The van der Waals surface area contributed by atoms with E-state index in [4.69, 9.17) is 4.74 Å². The zero-order valence-corrected chi connectivity index (χ0v) is 13.6. The Morgan fingerprint density at radius 1 is 1.33 bits per heavy atom. The summed E-state index contributed by atoms with van der Waals surface area (Å²) in [6.07, 6.45) is 9.52. The molecule has 2 aliphatic carbocycles. The van der Waals surface area contributed by atoms with Crippen molar-refractivity contribution in [3.63, 3.8) is 0 Å². The van der Waals surface area contributed by atoms with Crippen molar-refractivity contribution < 1.29 is 9.53 Å². The van der Waals surface area contributed by atoms with Gasteiger partial charge in [0.25, 0.3) is 0 Å². The Hall–Kier alpha value is -0.610. The van der Waals surface area contributed by atoms with E-state index in [2.05, 4.69) is 17.1 Å². The highest BCUT2D eigenvalue weighted by Gasteiger charge is 2.58. The molecule has 3 atom stereocenters. The van der Waals surface area contributed by atoms with E-state index in [9.17, 15) is 4.79 Å². The minimum atomic E-state index is 0.267. The molecule has 1 amide bonds. The molecule has 1 spiro atoms. The standard InChI is InChI=1S/C17H30N2O2/c1-3-21-15-12-14(17(15)8-4-5-9-17)19(2)16(20)11-13-7-6-10-18-13/h13-15,18H,3-12H2,1-2H3. The molecule has 3 unspecified atom stereocenters. The van der Waals surface area contributed by atoms with Crippen molar-refractivity contribution in [1.29, 1.82) is 0 Å². The number of carbonyl (C=O) groups excluding carboxylic acids is 1. The van der Waals surface area contributed by atoms with Gasteiger partial charge in [0.1, 0.15) is 0 Å². The SMILES string of the molecule is CCOC1CC(N(C)C(=O)CC2CCCN2)C12CCCC2. The number of nitrogens with one attached hydrogen (secondary N) is 1. The molecule has 120 valence electrons. The van der Waals surface area contributed by atoms with Gasteiger partial charge in [0.05, 0.1) is 6.10 Å². The zero-order chi connectivity index (χ0) is 14.9. The van der Waals surface area contributed by atoms with Crippen LogP contribution in [0.2, 0.25) is 0 Å². The number of nitrogens with zero attached hydrogens (tertiary/aromatic N) is 1. The summed E-state index contributed by atoms with van der Waals surface area (Å²) in [7, 11) is 2.02. The smallest absolute Gasteiger partial charge is 0.224 e. The molecule has 4 nitrogen and oxygen atoms in total. The van der Waals surface area contributed by atoms with E-state index in [1.54, 1.807) is 0 Å². The van der Waals surface area contributed by atoms with Crippen LogP contribution in [-0.2, 0) is 9.53 Å². The van der Waals surface area contributed by atoms with Crippen LogP contribution in [0.5, 0.6) is 0 Å². The molecule has 1 N–H and O–H groups in total. The third kappa shape index (κ3) is 2.72. The van der Waals surface area contributed by atoms with Crippen molar-refractivity contribution in [3.8, 4) is 0 Å². The van der Waals surface area contributed by atoms with Gasteiger partial charge in [0, 0.05) is 37.6 Å². The van der Waals surface area contributed by atoms with Crippen molar-refractivity contribution in [3.05, 3.63) is 0 Å². The summed E-state index contributed by atoms with van der Waals surface area (Å²) >= 11 is 0. The molecule has 0 aromatic heterocycles. The highest BCUT2D eigenvalue weighted by atomic mass is 16.5. The maximum atomic E-state index is 12.6. The van der Waals surface area contributed by atoms with Gasteiger partial charge in [-0.3, -0.25) is 4.79 Å². The van der Waals surface area contributed by atoms with Gasteiger partial charge < -0.3 is 15.0 Å². The Balaban J connectivity index is 1.61. The van der Waals surface area contributed by atoms with Crippen LogP contribution in [0.15, 0.2) is 0 Å². The maximum Gasteiger partial charge on any atom is 0.224 e. The molecule has 0 radical (unpaired) electrons. The molecule has 2 saturated carbocycles. The number of ether oxygens (including phenoxy) is 1. The first-order valence-corrected chi connectivity index (χ1v) is 8.78. The van der Waals surface area contributed by atoms with E-state index >= 15 is 0 Å². The lowest BCUT2D eigenvalue weighted by Gasteiger charge is -2.57. The summed E-state index contributed by atoms with van der Waals surface area (Å²) in [4.78, 5) is 14.6. The van der Waals surface area contributed by atoms with Crippen LogP contribution in [0.1, 0.15) is 58.3 Å². The largest absolute Gasteiger partial charge is 0.378 e. The molecule has 1 saturated heterocycles. The van der Waals surface area contributed by atoms with E-state index < -0.39 is 0 Å². The second-order valence-electron chi connectivity index (χ2n) is 7.14. The Morgan fingerprint density at radius 3 is 2.71 bits per heavy atom. The highest BCUT2D eigenvalue weighted by molar-refractivity contribution is 5.77. The summed E-state index contributed by atoms with van der Waals surface area (Å²) in [5, 5.41) is 3.44.